The molecular formula is C16H24N6O. The van der Waals surface area contributed by atoms with Crippen molar-refractivity contribution in [3.8, 4) is 5.88 Å². The van der Waals surface area contributed by atoms with Gasteiger partial charge in [0.25, 0.3) is 0 Å². The van der Waals surface area contributed by atoms with Gasteiger partial charge in [0.05, 0.1) is 31.7 Å². The summed E-state index contributed by atoms with van der Waals surface area (Å²) in [7, 11) is 1.58. The summed E-state index contributed by atoms with van der Waals surface area (Å²) in [5.74, 6) is 1.21. The fourth-order valence-corrected chi connectivity index (χ4v) is 2.89. The van der Waals surface area contributed by atoms with Gasteiger partial charge in [-0.3, -0.25) is 9.67 Å². The first-order chi connectivity index (χ1) is 11.3. The van der Waals surface area contributed by atoms with Crippen molar-refractivity contribution in [2.75, 3.05) is 32.1 Å². The van der Waals surface area contributed by atoms with Gasteiger partial charge in [-0.1, -0.05) is 6.92 Å². The van der Waals surface area contributed by atoms with Gasteiger partial charge < -0.3 is 15.0 Å². The molecule has 1 fully saturated rings. The second kappa shape index (κ2) is 7.41. The van der Waals surface area contributed by atoms with Crippen molar-refractivity contribution in [2.24, 2.45) is 0 Å². The van der Waals surface area contributed by atoms with E-state index in [4.69, 9.17) is 4.74 Å². The second-order valence-corrected chi connectivity index (χ2v) is 5.79. The summed E-state index contributed by atoms with van der Waals surface area (Å²) in [4.78, 5) is 10.9. The average Bonchev–Trinajstić information content (AvgIpc) is 3.09. The molecule has 23 heavy (non-hydrogen) atoms. The van der Waals surface area contributed by atoms with Crippen LogP contribution in [0.5, 0.6) is 5.88 Å². The Balaban J connectivity index is 1.55. The van der Waals surface area contributed by atoms with Crippen LogP contribution in [0.25, 0.3) is 0 Å². The molecule has 0 bridgehead atoms. The lowest BCUT2D eigenvalue weighted by Gasteiger charge is -2.31. The number of hydrogen-bond donors (Lipinski definition) is 1. The standard InChI is InChI=1S/C16H24N6O/c1-3-21-6-4-14(5-7-21)22-12-13(9-19-22)8-18-15-10-17-11-16(20-15)23-2/h9-12,14H,3-8H2,1-2H3,(H,18,20). The molecule has 0 spiro atoms. The number of rotatable bonds is 6. The number of methoxy groups -OCH3 is 1. The van der Waals surface area contributed by atoms with E-state index in [-0.39, 0.29) is 0 Å². The lowest BCUT2D eigenvalue weighted by Crippen LogP contribution is -2.34. The maximum atomic E-state index is 5.07. The number of aromatic nitrogens is 4. The van der Waals surface area contributed by atoms with Crippen molar-refractivity contribution in [3.05, 3.63) is 30.4 Å². The molecule has 2 aromatic heterocycles. The predicted molar refractivity (Wildman–Crippen MR) is 88.5 cm³/mol. The largest absolute Gasteiger partial charge is 0.480 e. The van der Waals surface area contributed by atoms with Gasteiger partial charge in [0, 0.05) is 31.4 Å². The zero-order valence-electron chi connectivity index (χ0n) is 13.8. The molecule has 3 rings (SSSR count). The van der Waals surface area contributed by atoms with E-state index >= 15 is 0 Å². The van der Waals surface area contributed by atoms with Gasteiger partial charge in [0.2, 0.25) is 5.88 Å². The lowest BCUT2D eigenvalue weighted by molar-refractivity contribution is 0.187. The summed E-state index contributed by atoms with van der Waals surface area (Å²) in [5.41, 5.74) is 1.15. The van der Waals surface area contributed by atoms with Crippen LogP contribution in [0.2, 0.25) is 0 Å². The first-order valence-corrected chi connectivity index (χ1v) is 8.13. The van der Waals surface area contributed by atoms with Crippen molar-refractivity contribution in [3.63, 3.8) is 0 Å². The predicted octanol–water partition coefficient (Wildman–Crippen LogP) is 1.95. The third kappa shape index (κ3) is 3.98. The Morgan fingerprint density at radius 2 is 2.09 bits per heavy atom. The Morgan fingerprint density at radius 1 is 1.26 bits per heavy atom. The zero-order valence-corrected chi connectivity index (χ0v) is 13.8. The third-order valence-corrected chi connectivity index (χ3v) is 4.33. The molecule has 2 aromatic rings. The van der Waals surface area contributed by atoms with Crippen molar-refractivity contribution >= 4 is 5.82 Å². The highest BCUT2D eigenvalue weighted by molar-refractivity contribution is 5.34. The highest BCUT2D eigenvalue weighted by Crippen LogP contribution is 2.22. The van der Waals surface area contributed by atoms with Crippen LogP contribution in [0, 0.1) is 0 Å². The van der Waals surface area contributed by atoms with Crippen molar-refractivity contribution in [1.29, 1.82) is 0 Å². The first-order valence-electron chi connectivity index (χ1n) is 8.13. The van der Waals surface area contributed by atoms with Crippen LogP contribution in [0.15, 0.2) is 24.8 Å². The zero-order chi connectivity index (χ0) is 16.1. The minimum absolute atomic E-state index is 0.508. The number of nitrogens with zero attached hydrogens (tertiary/aromatic N) is 5. The molecule has 1 saturated heterocycles. The maximum absolute atomic E-state index is 5.07. The fourth-order valence-electron chi connectivity index (χ4n) is 2.89. The van der Waals surface area contributed by atoms with Gasteiger partial charge in [0.15, 0.2) is 0 Å². The second-order valence-electron chi connectivity index (χ2n) is 5.79. The maximum Gasteiger partial charge on any atom is 0.233 e. The van der Waals surface area contributed by atoms with Gasteiger partial charge in [-0.05, 0) is 19.4 Å². The molecule has 3 heterocycles. The van der Waals surface area contributed by atoms with Gasteiger partial charge in [0.1, 0.15) is 5.82 Å². The average molecular weight is 316 g/mol. The molecule has 0 radical (unpaired) electrons. The normalized spacial score (nSPS) is 16.4. The molecule has 124 valence electrons. The van der Waals surface area contributed by atoms with Crippen molar-refractivity contribution in [1.82, 2.24) is 24.6 Å². The molecule has 1 aliphatic heterocycles. The number of ether oxygens (including phenoxy) is 1. The quantitative estimate of drug-likeness (QED) is 0.878. The van der Waals surface area contributed by atoms with Gasteiger partial charge in [-0.2, -0.15) is 10.1 Å². The molecule has 7 heteroatoms. The molecule has 0 aliphatic carbocycles. The number of likely N-dealkylation sites (tertiary alicyclic amines) is 1. The summed E-state index contributed by atoms with van der Waals surface area (Å²) >= 11 is 0. The van der Waals surface area contributed by atoms with E-state index in [1.165, 1.54) is 12.8 Å². The Hall–Kier alpha value is -2.15. The highest BCUT2D eigenvalue weighted by Gasteiger charge is 2.20. The summed E-state index contributed by atoms with van der Waals surface area (Å²) in [6, 6.07) is 0.517. The number of anilines is 1. The lowest BCUT2D eigenvalue weighted by atomic mass is 10.1. The van der Waals surface area contributed by atoms with E-state index in [1.54, 1.807) is 19.5 Å². The smallest absolute Gasteiger partial charge is 0.233 e. The van der Waals surface area contributed by atoms with Crippen LogP contribution in [0.1, 0.15) is 31.4 Å². The molecular weight excluding hydrogens is 292 g/mol. The van der Waals surface area contributed by atoms with Crippen LogP contribution in [-0.4, -0.2) is 51.4 Å². The fraction of sp³-hybridized carbons (Fsp3) is 0.562. The van der Waals surface area contributed by atoms with Crippen LogP contribution in [0.3, 0.4) is 0 Å². The molecule has 1 aliphatic rings. The van der Waals surface area contributed by atoms with Crippen LogP contribution >= 0.6 is 0 Å². The van der Waals surface area contributed by atoms with E-state index in [9.17, 15) is 0 Å². The number of piperidine rings is 1. The minimum atomic E-state index is 0.508. The summed E-state index contributed by atoms with van der Waals surface area (Å²) in [6.07, 6.45) is 9.67. The third-order valence-electron chi connectivity index (χ3n) is 4.33. The van der Waals surface area contributed by atoms with E-state index in [2.05, 4.69) is 43.1 Å². The SMILES string of the molecule is CCN1CCC(n2cc(CNc3cncc(OC)n3)cn2)CC1. The van der Waals surface area contributed by atoms with E-state index in [0.717, 1.165) is 25.2 Å². The van der Waals surface area contributed by atoms with E-state index < -0.39 is 0 Å². The Kier molecular flexibility index (Phi) is 5.07. The molecule has 1 N–H and O–H groups in total. The topological polar surface area (TPSA) is 68.1 Å². The minimum Gasteiger partial charge on any atom is -0.480 e. The highest BCUT2D eigenvalue weighted by atomic mass is 16.5. The van der Waals surface area contributed by atoms with E-state index in [1.807, 2.05) is 6.20 Å². The Labute approximate surface area is 136 Å². The van der Waals surface area contributed by atoms with Gasteiger partial charge in [-0.15, -0.1) is 0 Å². The molecule has 0 saturated carbocycles. The summed E-state index contributed by atoms with van der Waals surface area (Å²) in [5, 5.41) is 7.79. The number of hydrogen-bond acceptors (Lipinski definition) is 6. The molecule has 0 aromatic carbocycles. The van der Waals surface area contributed by atoms with Crippen molar-refractivity contribution in [2.45, 2.75) is 32.4 Å². The summed E-state index contributed by atoms with van der Waals surface area (Å²) < 4.78 is 7.19. The molecule has 0 unspecified atom stereocenters. The van der Waals surface area contributed by atoms with Crippen molar-refractivity contribution < 1.29 is 4.74 Å². The van der Waals surface area contributed by atoms with Crippen LogP contribution in [0.4, 0.5) is 5.82 Å². The monoisotopic (exact) mass is 316 g/mol. The van der Waals surface area contributed by atoms with E-state index in [0.29, 0.717) is 24.3 Å². The Morgan fingerprint density at radius 3 is 2.83 bits per heavy atom. The van der Waals surface area contributed by atoms with Gasteiger partial charge >= 0.3 is 0 Å². The summed E-state index contributed by atoms with van der Waals surface area (Å²) in [6.45, 7) is 6.36. The molecule has 7 nitrogen and oxygen atoms in total. The Bertz CT molecular complexity index is 621. The molecule has 0 atom stereocenters. The molecule has 0 amide bonds. The van der Waals surface area contributed by atoms with Gasteiger partial charge in [-0.25, -0.2) is 0 Å². The van der Waals surface area contributed by atoms with Crippen LogP contribution in [-0.2, 0) is 6.54 Å². The first kappa shape index (κ1) is 15.7. The van der Waals surface area contributed by atoms with Crippen LogP contribution < -0.4 is 10.1 Å². The number of nitrogens with one attached hydrogen (secondary N) is 1.